The molecule has 0 saturated carbocycles. The van der Waals surface area contributed by atoms with Gasteiger partial charge in [-0.2, -0.15) is 13.2 Å². The van der Waals surface area contributed by atoms with Gasteiger partial charge in [-0.25, -0.2) is 14.8 Å². The summed E-state index contributed by atoms with van der Waals surface area (Å²) in [6.07, 6.45) is -3.33. The number of hydrogen-bond donors (Lipinski definition) is 2. The van der Waals surface area contributed by atoms with Crippen LogP contribution in [0, 0.1) is 12.8 Å². The second-order valence-corrected chi connectivity index (χ2v) is 10.7. The lowest BCUT2D eigenvalue weighted by Crippen LogP contribution is -2.52. The Balaban J connectivity index is 1.92. The lowest BCUT2D eigenvalue weighted by Gasteiger charge is -2.33. The van der Waals surface area contributed by atoms with Crippen molar-refractivity contribution in [2.45, 2.75) is 72.2 Å². The Labute approximate surface area is 208 Å². The molecule has 0 aliphatic heterocycles. The molecule has 1 aromatic carbocycles. The molecule has 1 atom stereocenters. The van der Waals surface area contributed by atoms with Crippen molar-refractivity contribution in [3.05, 3.63) is 41.9 Å². The zero-order valence-electron chi connectivity index (χ0n) is 21.6. The summed E-state index contributed by atoms with van der Waals surface area (Å²) < 4.78 is 53.3. The van der Waals surface area contributed by atoms with Gasteiger partial charge in [-0.1, -0.05) is 19.9 Å². The molecule has 0 aliphatic carbocycles. The van der Waals surface area contributed by atoms with E-state index in [-0.39, 0.29) is 18.3 Å². The zero-order valence-corrected chi connectivity index (χ0v) is 21.6. The lowest BCUT2D eigenvalue weighted by atomic mass is 9.91. The Hall–Kier alpha value is -3.30. The van der Waals surface area contributed by atoms with Crippen molar-refractivity contribution in [3.63, 3.8) is 0 Å². The summed E-state index contributed by atoms with van der Waals surface area (Å²) in [5.41, 5.74) is -0.696. The Bertz CT molecular complexity index is 1230. The largest absolute Gasteiger partial charge is 0.491 e. The first-order valence-corrected chi connectivity index (χ1v) is 11.7. The molecule has 2 aromatic heterocycles. The number of H-pyrrole nitrogens is 1. The molecule has 7 nitrogen and oxygen atoms in total. The first kappa shape index (κ1) is 27.3. The molecule has 3 rings (SSSR count). The van der Waals surface area contributed by atoms with Gasteiger partial charge in [0.05, 0.1) is 16.6 Å². The monoisotopic (exact) mass is 506 g/mol. The zero-order chi connectivity index (χ0) is 26.9. The van der Waals surface area contributed by atoms with Crippen molar-refractivity contribution < 1.29 is 27.4 Å². The number of ether oxygens (including phenoxy) is 2. The van der Waals surface area contributed by atoms with Crippen molar-refractivity contribution in [2.24, 2.45) is 5.92 Å². The average molecular weight is 507 g/mol. The second kappa shape index (κ2) is 9.99. The summed E-state index contributed by atoms with van der Waals surface area (Å²) in [6.45, 7) is 12.4. The molecule has 2 N–H and O–H groups in total. The van der Waals surface area contributed by atoms with Crippen LogP contribution in [0.3, 0.4) is 0 Å². The highest BCUT2D eigenvalue weighted by Gasteiger charge is 2.37. The molecule has 2 heterocycles. The Morgan fingerprint density at radius 3 is 2.44 bits per heavy atom. The maximum absolute atomic E-state index is 14.1. The second-order valence-electron chi connectivity index (χ2n) is 10.7. The van der Waals surface area contributed by atoms with E-state index in [9.17, 15) is 18.0 Å². The molecule has 0 bridgehead atoms. The van der Waals surface area contributed by atoms with Gasteiger partial charge in [-0.05, 0) is 70.7 Å². The molecule has 10 heteroatoms. The number of amides is 1. The van der Waals surface area contributed by atoms with E-state index in [4.69, 9.17) is 9.47 Å². The number of carbonyl (C=O) groups is 1. The van der Waals surface area contributed by atoms with E-state index in [1.165, 1.54) is 12.3 Å². The summed E-state index contributed by atoms with van der Waals surface area (Å²) in [5.74, 6) is 0.436. The van der Waals surface area contributed by atoms with Crippen molar-refractivity contribution in [1.29, 1.82) is 0 Å². The number of nitrogens with zero attached hydrogens (tertiary/aromatic N) is 2. The molecular formula is C26H33F3N4O3. The first-order chi connectivity index (χ1) is 16.6. The van der Waals surface area contributed by atoms with E-state index in [0.29, 0.717) is 34.5 Å². The number of benzene rings is 1. The fourth-order valence-electron chi connectivity index (χ4n) is 4.15. The molecule has 0 aliphatic rings. The number of nitrogens with one attached hydrogen (secondary N) is 2. The molecule has 0 radical (unpaired) electrons. The minimum atomic E-state index is -4.66. The van der Waals surface area contributed by atoms with Crippen LogP contribution in [-0.2, 0) is 10.9 Å². The van der Waals surface area contributed by atoms with Gasteiger partial charge < -0.3 is 19.8 Å². The van der Waals surface area contributed by atoms with Gasteiger partial charge in [0.2, 0.25) is 0 Å². The molecular weight excluding hydrogens is 473 g/mol. The standard InChI is InChI=1S/C26H33F3N4O3/c1-15(2)13-25(7,33-23(34)36-24(4,5)6)14-35-20-9-8-17(12-19(20)26(27,28)29)18-10-11-30-22-21(18)31-16(3)32-22/h8-12,15H,13-14H2,1-7H3,(H,33,34)(H,30,31,32)/t25-/m0/s1. The highest BCUT2D eigenvalue weighted by Crippen LogP contribution is 2.40. The number of pyridine rings is 1. The maximum atomic E-state index is 14.1. The third-order valence-corrected chi connectivity index (χ3v) is 5.31. The van der Waals surface area contributed by atoms with Crippen molar-refractivity contribution in [3.8, 4) is 16.9 Å². The average Bonchev–Trinajstić information content (AvgIpc) is 3.09. The Morgan fingerprint density at radius 1 is 1.14 bits per heavy atom. The van der Waals surface area contributed by atoms with Gasteiger partial charge in [0.1, 0.15) is 23.8 Å². The van der Waals surface area contributed by atoms with Crippen molar-refractivity contribution in [2.75, 3.05) is 6.61 Å². The van der Waals surface area contributed by atoms with E-state index in [1.54, 1.807) is 46.8 Å². The lowest BCUT2D eigenvalue weighted by molar-refractivity contribution is -0.139. The topological polar surface area (TPSA) is 89.1 Å². The van der Waals surface area contributed by atoms with Gasteiger partial charge in [-0.3, -0.25) is 0 Å². The number of fused-ring (bicyclic) bond motifs is 1. The maximum Gasteiger partial charge on any atom is 0.419 e. The molecule has 36 heavy (non-hydrogen) atoms. The number of aryl methyl sites for hydroxylation is 1. The van der Waals surface area contributed by atoms with E-state index in [1.807, 2.05) is 13.8 Å². The van der Waals surface area contributed by atoms with Crippen LogP contribution in [0.5, 0.6) is 5.75 Å². The number of alkyl carbamates (subject to hydrolysis) is 1. The summed E-state index contributed by atoms with van der Waals surface area (Å²) >= 11 is 0. The van der Waals surface area contributed by atoms with E-state index in [2.05, 4.69) is 20.3 Å². The number of rotatable bonds is 7. The molecule has 1 amide bonds. The smallest absolute Gasteiger partial charge is 0.419 e. The minimum Gasteiger partial charge on any atom is -0.491 e. The highest BCUT2D eigenvalue weighted by molar-refractivity contribution is 5.90. The summed E-state index contributed by atoms with van der Waals surface area (Å²) in [4.78, 5) is 23.9. The van der Waals surface area contributed by atoms with Gasteiger partial charge in [0.15, 0.2) is 5.65 Å². The summed E-state index contributed by atoms with van der Waals surface area (Å²) in [6, 6.07) is 5.56. The van der Waals surface area contributed by atoms with Gasteiger partial charge in [0, 0.05) is 11.8 Å². The van der Waals surface area contributed by atoms with Crippen molar-refractivity contribution in [1.82, 2.24) is 20.3 Å². The highest BCUT2D eigenvalue weighted by atomic mass is 19.4. The van der Waals surface area contributed by atoms with Crippen LogP contribution in [0.25, 0.3) is 22.3 Å². The van der Waals surface area contributed by atoms with E-state index < -0.39 is 29.0 Å². The number of halogens is 3. The normalized spacial score (nSPS) is 14.1. The molecule has 0 fully saturated rings. The molecule has 0 saturated heterocycles. The minimum absolute atomic E-state index is 0.143. The third kappa shape index (κ3) is 6.89. The third-order valence-electron chi connectivity index (χ3n) is 5.31. The van der Waals surface area contributed by atoms with Crippen LogP contribution in [0.15, 0.2) is 30.5 Å². The fraction of sp³-hybridized carbons (Fsp3) is 0.500. The number of imidazole rings is 1. The fourth-order valence-corrected chi connectivity index (χ4v) is 4.15. The molecule has 0 spiro atoms. The number of alkyl halides is 3. The molecule has 0 unspecified atom stereocenters. The summed E-state index contributed by atoms with van der Waals surface area (Å²) in [5, 5.41) is 2.78. The van der Waals surface area contributed by atoms with Crippen LogP contribution in [0.4, 0.5) is 18.0 Å². The number of aromatic amines is 1. The van der Waals surface area contributed by atoms with Gasteiger partial charge in [0.25, 0.3) is 0 Å². The van der Waals surface area contributed by atoms with Gasteiger partial charge >= 0.3 is 12.3 Å². The SMILES string of the molecule is Cc1nc2nccc(-c3ccc(OC[C@](C)(CC(C)C)NC(=O)OC(C)(C)C)c(C(F)(F)F)c3)c2[nH]1. The van der Waals surface area contributed by atoms with Crippen LogP contribution in [0.1, 0.15) is 59.4 Å². The number of aromatic nitrogens is 3. The molecule has 3 aromatic rings. The van der Waals surface area contributed by atoms with Crippen LogP contribution in [0.2, 0.25) is 0 Å². The Morgan fingerprint density at radius 2 is 1.83 bits per heavy atom. The van der Waals surface area contributed by atoms with E-state index in [0.717, 1.165) is 6.07 Å². The Kier molecular flexibility index (Phi) is 7.57. The van der Waals surface area contributed by atoms with Crippen molar-refractivity contribution >= 4 is 17.3 Å². The molecule has 196 valence electrons. The predicted molar refractivity (Wildman–Crippen MR) is 132 cm³/mol. The van der Waals surface area contributed by atoms with Gasteiger partial charge in [-0.15, -0.1) is 0 Å². The van der Waals surface area contributed by atoms with Crippen LogP contribution >= 0.6 is 0 Å². The number of carbonyl (C=O) groups excluding carboxylic acids is 1. The summed E-state index contributed by atoms with van der Waals surface area (Å²) in [7, 11) is 0. The number of hydrogen-bond acceptors (Lipinski definition) is 5. The van der Waals surface area contributed by atoms with E-state index >= 15 is 0 Å². The first-order valence-electron chi connectivity index (χ1n) is 11.7. The van der Waals surface area contributed by atoms with Crippen LogP contribution in [-0.4, -0.2) is 38.8 Å². The predicted octanol–water partition coefficient (Wildman–Crippen LogP) is 6.66. The van der Waals surface area contributed by atoms with Crippen LogP contribution < -0.4 is 10.1 Å². The quantitative estimate of drug-likeness (QED) is 0.374.